The SMILES string of the molecule is CCCNCc1ccc(-c2ccn(C)n2)c(Cl)c1. The van der Waals surface area contributed by atoms with E-state index in [1.165, 1.54) is 5.56 Å². The van der Waals surface area contributed by atoms with E-state index in [0.29, 0.717) is 0 Å². The zero-order chi connectivity index (χ0) is 13.0. The van der Waals surface area contributed by atoms with Gasteiger partial charge in [-0.3, -0.25) is 4.68 Å². The van der Waals surface area contributed by atoms with E-state index >= 15 is 0 Å². The van der Waals surface area contributed by atoms with Crippen molar-refractivity contribution in [3.8, 4) is 11.3 Å². The predicted octanol–water partition coefficient (Wildman–Crippen LogP) is 3.24. The molecule has 2 aromatic rings. The first-order valence-corrected chi connectivity index (χ1v) is 6.57. The maximum Gasteiger partial charge on any atom is 0.0937 e. The van der Waals surface area contributed by atoms with E-state index in [-0.39, 0.29) is 0 Å². The van der Waals surface area contributed by atoms with Crippen molar-refractivity contribution in [3.05, 3.63) is 41.0 Å². The molecule has 4 heteroatoms. The van der Waals surface area contributed by atoms with Gasteiger partial charge in [-0.15, -0.1) is 0 Å². The third-order valence-electron chi connectivity index (χ3n) is 2.78. The zero-order valence-corrected chi connectivity index (χ0v) is 11.5. The van der Waals surface area contributed by atoms with Crippen molar-refractivity contribution in [1.29, 1.82) is 0 Å². The van der Waals surface area contributed by atoms with Crippen molar-refractivity contribution in [2.24, 2.45) is 7.05 Å². The minimum absolute atomic E-state index is 0.754. The highest BCUT2D eigenvalue weighted by molar-refractivity contribution is 6.33. The number of nitrogens with one attached hydrogen (secondary N) is 1. The molecule has 0 radical (unpaired) electrons. The van der Waals surface area contributed by atoms with E-state index in [9.17, 15) is 0 Å². The Kier molecular flexibility index (Phi) is 4.39. The van der Waals surface area contributed by atoms with Crippen LogP contribution in [0.4, 0.5) is 0 Å². The molecule has 2 rings (SSSR count). The van der Waals surface area contributed by atoms with Gasteiger partial charge in [0.25, 0.3) is 0 Å². The molecule has 3 nitrogen and oxygen atoms in total. The van der Waals surface area contributed by atoms with Crippen LogP contribution in [0, 0.1) is 0 Å². The Balaban J connectivity index is 2.15. The van der Waals surface area contributed by atoms with Gasteiger partial charge in [0.1, 0.15) is 0 Å². The maximum absolute atomic E-state index is 6.31. The number of aryl methyl sites for hydroxylation is 1. The van der Waals surface area contributed by atoms with Crippen LogP contribution in [0.1, 0.15) is 18.9 Å². The van der Waals surface area contributed by atoms with E-state index < -0.39 is 0 Å². The van der Waals surface area contributed by atoms with E-state index in [1.54, 1.807) is 4.68 Å². The fraction of sp³-hybridized carbons (Fsp3) is 0.357. The summed E-state index contributed by atoms with van der Waals surface area (Å²) in [4.78, 5) is 0. The van der Waals surface area contributed by atoms with Crippen molar-refractivity contribution in [2.75, 3.05) is 6.54 Å². The molecular formula is C14H18ClN3. The molecule has 0 fully saturated rings. The van der Waals surface area contributed by atoms with Crippen LogP contribution in [0.5, 0.6) is 0 Å². The summed E-state index contributed by atoms with van der Waals surface area (Å²) in [7, 11) is 1.90. The lowest BCUT2D eigenvalue weighted by atomic mass is 10.1. The molecule has 96 valence electrons. The Morgan fingerprint density at radius 3 is 2.78 bits per heavy atom. The van der Waals surface area contributed by atoms with Gasteiger partial charge < -0.3 is 5.32 Å². The molecule has 1 N–H and O–H groups in total. The van der Waals surface area contributed by atoms with Gasteiger partial charge in [0.15, 0.2) is 0 Å². The second-order valence-corrected chi connectivity index (χ2v) is 4.77. The second-order valence-electron chi connectivity index (χ2n) is 4.37. The summed E-state index contributed by atoms with van der Waals surface area (Å²) in [5, 5.41) is 8.48. The standard InChI is InChI=1S/C14H18ClN3/c1-3-7-16-10-11-4-5-12(13(15)9-11)14-6-8-18(2)17-14/h4-6,8-9,16H,3,7,10H2,1-2H3. The number of benzene rings is 1. The number of hydrogen-bond acceptors (Lipinski definition) is 2. The number of hydrogen-bond donors (Lipinski definition) is 1. The van der Waals surface area contributed by atoms with Crippen LogP contribution >= 0.6 is 11.6 Å². The predicted molar refractivity (Wildman–Crippen MR) is 75.7 cm³/mol. The Labute approximate surface area is 113 Å². The number of aromatic nitrogens is 2. The highest BCUT2D eigenvalue weighted by atomic mass is 35.5. The van der Waals surface area contributed by atoms with E-state index in [2.05, 4.69) is 23.4 Å². The van der Waals surface area contributed by atoms with Gasteiger partial charge in [0.05, 0.1) is 10.7 Å². The van der Waals surface area contributed by atoms with Gasteiger partial charge in [-0.1, -0.05) is 30.7 Å². The summed E-state index contributed by atoms with van der Waals surface area (Å²) in [5.74, 6) is 0. The van der Waals surface area contributed by atoms with Crippen molar-refractivity contribution in [2.45, 2.75) is 19.9 Å². The molecule has 1 heterocycles. The van der Waals surface area contributed by atoms with Crippen LogP contribution in [0.2, 0.25) is 5.02 Å². The van der Waals surface area contributed by atoms with Crippen molar-refractivity contribution in [1.82, 2.24) is 15.1 Å². The molecule has 0 aliphatic rings. The molecule has 0 saturated heterocycles. The Hall–Kier alpha value is -1.32. The average Bonchev–Trinajstić information content (AvgIpc) is 2.76. The summed E-state index contributed by atoms with van der Waals surface area (Å²) in [6, 6.07) is 8.11. The quantitative estimate of drug-likeness (QED) is 0.840. The fourth-order valence-electron chi connectivity index (χ4n) is 1.84. The van der Waals surface area contributed by atoms with Crippen LogP contribution < -0.4 is 5.32 Å². The first kappa shape index (κ1) is 13.1. The summed E-state index contributed by atoms with van der Waals surface area (Å²) in [6.45, 7) is 4.04. The van der Waals surface area contributed by atoms with E-state index in [0.717, 1.165) is 35.8 Å². The smallest absolute Gasteiger partial charge is 0.0937 e. The van der Waals surface area contributed by atoms with Crippen molar-refractivity contribution >= 4 is 11.6 Å². The maximum atomic E-state index is 6.31. The van der Waals surface area contributed by atoms with Crippen LogP contribution in [0.3, 0.4) is 0 Å². The largest absolute Gasteiger partial charge is 0.313 e. The van der Waals surface area contributed by atoms with Crippen LogP contribution in [0.15, 0.2) is 30.5 Å². The lowest BCUT2D eigenvalue weighted by Gasteiger charge is -2.06. The summed E-state index contributed by atoms with van der Waals surface area (Å²) < 4.78 is 1.78. The van der Waals surface area contributed by atoms with E-state index in [4.69, 9.17) is 11.6 Å². The molecule has 0 aliphatic carbocycles. The zero-order valence-electron chi connectivity index (χ0n) is 10.8. The monoisotopic (exact) mass is 263 g/mol. The highest BCUT2D eigenvalue weighted by Crippen LogP contribution is 2.27. The van der Waals surface area contributed by atoms with Gasteiger partial charge in [-0.25, -0.2) is 0 Å². The van der Waals surface area contributed by atoms with Gasteiger partial charge in [0, 0.05) is 25.4 Å². The van der Waals surface area contributed by atoms with Gasteiger partial charge >= 0.3 is 0 Å². The molecule has 1 aromatic heterocycles. The molecular weight excluding hydrogens is 246 g/mol. The summed E-state index contributed by atoms with van der Waals surface area (Å²) in [6.07, 6.45) is 3.06. The van der Waals surface area contributed by atoms with Crippen LogP contribution in [0.25, 0.3) is 11.3 Å². The fourth-order valence-corrected chi connectivity index (χ4v) is 2.14. The minimum atomic E-state index is 0.754. The third-order valence-corrected chi connectivity index (χ3v) is 3.09. The number of halogens is 1. The van der Waals surface area contributed by atoms with Crippen molar-refractivity contribution in [3.63, 3.8) is 0 Å². The molecule has 0 saturated carbocycles. The molecule has 1 aromatic carbocycles. The van der Waals surface area contributed by atoms with Crippen LogP contribution in [-0.4, -0.2) is 16.3 Å². The Bertz CT molecular complexity index is 520. The molecule has 0 aliphatic heterocycles. The molecule has 0 atom stereocenters. The summed E-state index contributed by atoms with van der Waals surface area (Å²) >= 11 is 6.31. The first-order valence-electron chi connectivity index (χ1n) is 6.20. The minimum Gasteiger partial charge on any atom is -0.313 e. The van der Waals surface area contributed by atoms with Crippen molar-refractivity contribution < 1.29 is 0 Å². The number of nitrogens with zero attached hydrogens (tertiary/aromatic N) is 2. The summed E-state index contributed by atoms with van der Waals surface area (Å²) in [5.41, 5.74) is 3.10. The molecule has 18 heavy (non-hydrogen) atoms. The van der Waals surface area contributed by atoms with Gasteiger partial charge in [-0.2, -0.15) is 5.10 Å². The van der Waals surface area contributed by atoms with Crippen LogP contribution in [-0.2, 0) is 13.6 Å². The molecule has 0 amide bonds. The molecule has 0 unspecified atom stereocenters. The second kappa shape index (κ2) is 6.03. The van der Waals surface area contributed by atoms with Gasteiger partial charge in [0.2, 0.25) is 0 Å². The average molecular weight is 264 g/mol. The van der Waals surface area contributed by atoms with E-state index in [1.807, 2.05) is 31.4 Å². The third kappa shape index (κ3) is 3.12. The molecule has 0 bridgehead atoms. The number of rotatable bonds is 5. The topological polar surface area (TPSA) is 29.9 Å². The lowest BCUT2D eigenvalue weighted by molar-refractivity contribution is 0.675. The Morgan fingerprint density at radius 1 is 1.33 bits per heavy atom. The molecule has 0 spiro atoms. The normalized spacial score (nSPS) is 10.8. The first-order chi connectivity index (χ1) is 8.70. The lowest BCUT2D eigenvalue weighted by Crippen LogP contribution is -2.13. The van der Waals surface area contributed by atoms with Gasteiger partial charge in [-0.05, 0) is 30.7 Å². The Morgan fingerprint density at radius 2 is 2.17 bits per heavy atom. The highest BCUT2D eigenvalue weighted by Gasteiger charge is 2.07.